The van der Waals surface area contributed by atoms with Crippen molar-refractivity contribution in [2.45, 2.75) is 51.1 Å². The lowest BCUT2D eigenvalue weighted by Gasteiger charge is -2.29. The van der Waals surface area contributed by atoms with Crippen molar-refractivity contribution < 1.29 is 14.3 Å². The lowest BCUT2D eigenvalue weighted by Crippen LogP contribution is -2.46. The lowest BCUT2D eigenvalue weighted by atomic mass is 9.76. The van der Waals surface area contributed by atoms with Crippen LogP contribution in [0.5, 0.6) is 5.75 Å². The Morgan fingerprint density at radius 3 is 2.83 bits per heavy atom. The molecular weight excluding hydrogens is 364 g/mol. The van der Waals surface area contributed by atoms with Gasteiger partial charge in [-0.15, -0.1) is 0 Å². The largest absolute Gasteiger partial charge is 0.497 e. The van der Waals surface area contributed by atoms with Crippen molar-refractivity contribution in [2.75, 3.05) is 13.7 Å². The summed E-state index contributed by atoms with van der Waals surface area (Å²) in [7, 11) is 1.63. The van der Waals surface area contributed by atoms with E-state index in [4.69, 9.17) is 4.74 Å². The first-order chi connectivity index (χ1) is 13.9. The quantitative estimate of drug-likeness (QED) is 0.850. The van der Waals surface area contributed by atoms with E-state index in [1.807, 2.05) is 29.2 Å². The molecule has 2 saturated heterocycles. The molecule has 1 N–H and O–H groups in total. The van der Waals surface area contributed by atoms with E-state index >= 15 is 0 Å². The summed E-state index contributed by atoms with van der Waals surface area (Å²) in [6, 6.07) is 14.1. The average Bonchev–Trinajstić information content (AvgIpc) is 3.28. The average molecular weight is 392 g/mol. The highest BCUT2D eigenvalue weighted by Crippen LogP contribution is 2.43. The van der Waals surface area contributed by atoms with Gasteiger partial charge in [0.05, 0.1) is 12.5 Å². The number of nitrogens with zero attached hydrogens (tertiary/aromatic N) is 1. The first-order valence-corrected chi connectivity index (χ1v) is 10.2. The molecule has 0 saturated carbocycles. The van der Waals surface area contributed by atoms with Gasteiger partial charge >= 0.3 is 0 Å². The Kier molecular flexibility index (Phi) is 5.07. The van der Waals surface area contributed by atoms with E-state index < -0.39 is 5.41 Å². The van der Waals surface area contributed by atoms with Crippen molar-refractivity contribution in [3.05, 3.63) is 64.7 Å². The van der Waals surface area contributed by atoms with E-state index in [0.717, 1.165) is 28.9 Å². The van der Waals surface area contributed by atoms with Crippen LogP contribution in [0.4, 0.5) is 0 Å². The molecule has 2 aromatic carbocycles. The van der Waals surface area contributed by atoms with Crippen molar-refractivity contribution in [1.29, 1.82) is 0 Å². The van der Waals surface area contributed by atoms with E-state index in [-0.39, 0.29) is 17.9 Å². The van der Waals surface area contributed by atoms with Crippen LogP contribution in [0.15, 0.2) is 42.5 Å². The molecular formula is C24H28N2O3. The van der Waals surface area contributed by atoms with Crippen molar-refractivity contribution in [3.8, 4) is 5.75 Å². The second-order valence-corrected chi connectivity index (χ2v) is 8.34. The molecule has 0 spiro atoms. The molecule has 2 atom stereocenters. The molecule has 0 aliphatic carbocycles. The third-order valence-corrected chi connectivity index (χ3v) is 6.48. The van der Waals surface area contributed by atoms with Crippen molar-refractivity contribution in [1.82, 2.24) is 10.2 Å². The van der Waals surface area contributed by atoms with E-state index in [1.165, 1.54) is 5.56 Å². The Balaban J connectivity index is 1.64. The van der Waals surface area contributed by atoms with Crippen LogP contribution in [0, 0.1) is 13.8 Å². The van der Waals surface area contributed by atoms with Gasteiger partial charge in [-0.2, -0.15) is 0 Å². The number of carbonyl (C=O) groups excluding carboxylic acids is 2. The van der Waals surface area contributed by atoms with Crippen LogP contribution < -0.4 is 10.1 Å². The molecule has 2 aliphatic heterocycles. The summed E-state index contributed by atoms with van der Waals surface area (Å²) in [5.74, 6) is 0.860. The number of benzene rings is 2. The number of amides is 2. The molecule has 2 heterocycles. The van der Waals surface area contributed by atoms with Crippen LogP contribution in [0.25, 0.3) is 0 Å². The van der Waals surface area contributed by atoms with Crippen LogP contribution in [0.3, 0.4) is 0 Å². The second-order valence-electron chi connectivity index (χ2n) is 8.34. The van der Waals surface area contributed by atoms with Gasteiger partial charge in [0.25, 0.3) is 0 Å². The molecule has 2 aliphatic rings. The fraction of sp³-hybridized carbons (Fsp3) is 0.417. The van der Waals surface area contributed by atoms with Gasteiger partial charge in [0, 0.05) is 25.6 Å². The van der Waals surface area contributed by atoms with E-state index in [2.05, 4.69) is 37.4 Å². The smallest absolute Gasteiger partial charge is 0.232 e. The lowest BCUT2D eigenvalue weighted by molar-refractivity contribution is -0.129. The summed E-state index contributed by atoms with van der Waals surface area (Å²) in [5, 5.41) is 3.17. The van der Waals surface area contributed by atoms with Crippen LogP contribution in [0.2, 0.25) is 0 Å². The zero-order valence-corrected chi connectivity index (χ0v) is 17.3. The summed E-state index contributed by atoms with van der Waals surface area (Å²) in [4.78, 5) is 27.8. The number of rotatable bonds is 5. The van der Waals surface area contributed by atoms with Gasteiger partial charge in [-0.1, -0.05) is 35.9 Å². The molecule has 5 heteroatoms. The van der Waals surface area contributed by atoms with Crippen molar-refractivity contribution in [2.24, 2.45) is 0 Å². The topological polar surface area (TPSA) is 58.6 Å². The van der Waals surface area contributed by atoms with Gasteiger partial charge in [-0.05, 0) is 55.5 Å². The molecule has 29 heavy (non-hydrogen) atoms. The number of hydrogen-bond donors (Lipinski definition) is 1. The minimum atomic E-state index is -0.743. The normalized spacial score (nSPS) is 23.2. The highest BCUT2D eigenvalue weighted by atomic mass is 16.5. The summed E-state index contributed by atoms with van der Waals surface area (Å²) in [5.41, 5.74) is 3.63. The van der Waals surface area contributed by atoms with Gasteiger partial charge in [0.2, 0.25) is 11.8 Å². The summed E-state index contributed by atoms with van der Waals surface area (Å²) < 4.78 is 5.40. The van der Waals surface area contributed by atoms with Gasteiger partial charge in [0.1, 0.15) is 5.75 Å². The Morgan fingerprint density at radius 1 is 1.24 bits per heavy atom. The van der Waals surface area contributed by atoms with Crippen LogP contribution in [0.1, 0.15) is 41.5 Å². The number of nitrogens with one attached hydrogen (secondary N) is 1. The van der Waals surface area contributed by atoms with Crippen LogP contribution in [-0.2, 0) is 21.5 Å². The zero-order valence-electron chi connectivity index (χ0n) is 17.3. The molecule has 2 fully saturated rings. The molecule has 4 rings (SSSR count). The van der Waals surface area contributed by atoms with Gasteiger partial charge in [-0.3, -0.25) is 9.59 Å². The Bertz CT molecular complexity index is 955. The third-order valence-electron chi connectivity index (χ3n) is 6.48. The summed E-state index contributed by atoms with van der Waals surface area (Å²) in [6.07, 6.45) is 2.07. The predicted molar refractivity (Wildman–Crippen MR) is 112 cm³/mol. The first-order valence-electron chi connectivity index (χ1n) is 10.2. The molecule has 0 radical (unpaired) electrons. The second kappa shape index (κ2) is 7.54. The monoisotopic (exact) mass is 392 g/mol. The summed E-state index contributed by atoms with van der Waals surface area (Å²) in [6.45, 7) is 5.03. The number of aryl methyl sites for hydroxylation is 2. The molecule has 152 valence electrons. The fourth-order valence-corrected chi connectivity index (χ4v) is 4.74. The van der Waals surface area contributed by atoms with Gasteiger partial charge in [0.15, 0.2) is 0 Å². The Hall–Kier alpha value is -2.82. The molecule has 2 aromatic rings. The maximum Gasteiger partial charge on any atom is 0.232 e. The number of hydrogen-bond acceptors (Lipinski definition) is 3. The zero-order chi connectivity index (χ0) is 20.6. The Morgan fingerprint density at radius 2 is 2.07 bits per heavy atom. The Labute approximate surface area is 172 Å². The molecule has 0 aromatic heterocycles. The fourth-order valence-electron chi connectivity index (χ4n) is 4.74. The highest BCUT2D eigenvalue weighted by Gasteiger charge is 2.53. The van der Waals surface area contributed by atoms with Crippen molar-refractivity contribution in [3.63, 3.8) is 0 Å². The minimum absolute atomic E-state index is 0.0196. The third kappa shape index (κ3) is 3.50. The van der Waals surface area contributed by atoms with Crippen LogP contribution >= 0.6 is 0 Å². The van der Waals surface area contributed by atoms with Crippen molar-refractivity contribution >= 4 is 11.8 Å². The van der Waals surface area contributed by atoms with Gasteiger partial charge < -0.3 is 15.0 Å². The minimum Gasteiger partial charge on any atom is -0.497 e. The molecule has 5 nitrogen and oxygen atoms in total. The predicted octanol–water partition coefficient (Wildman–Crippen LogP) is 3.26. The van der Waals surface area contributed by atoms with Crippen LogP contribution in [-0.4, -0.2) is 36.4 Å². The molecule has 2 amide bonds. The molecule has 0 bridgehead atoms. The number of ether oxygens (including phenoxy) is 1. The standard InChI is InChI=1S/C24H28N2O3/c1-16-7-8-17(2)18(11-16)14-25-23(28)24(19-5-4-6-21(12-19)29-3)13-20-9-10-22(27)26(20)15-24/h4-8,11-12,20H,9-10,13-15H2,1-3H3,(H,25,28). The van der Waals surface area contributed by atoms with E-state index in [9.17, 15) is 9.59 Å². The maximum atomic E-state index is 13.6. The number of fused-ring (bicyclic) bond motifs is 1. The van der Waals surface area contributed by atoms with E-state index in [1.54, 1.807) is 7.11 Å². The SMILES string of the molecule is COc1cccc(C2(C(=O)NCc3cc(C)ccc3C)CC3CCC(=O)N3C2)c1. The number of methoxy groups -OCH3 is 1. The maximum absolute atomic E-state index is 13.6. The summed E-state index contributed by atoms with van der Waals surface area (Å²) >= 11 is 0. The number of carbonyl (C=O) groups is 2. The van der Waals surface area contributed by atoms with Gasteiger partial charge in [-0.25, -0.2) is 0 Å². The highest BCUT2D eigenvalue weighted by molar-refractivity contribution is 5.91. The first kappa shape index (κ1) is 19.5. The molecule has 2 unspecified atom stereocenters. The van der Waals surface area contributed by atoms with E-state index in [0.29, 0.717) is 25.9 Å².